The molecule has 0 aliphatic rings. The van der Waals surface area contributed by atoms with Crippen LogP contribution in [-0.4, -0.2) is 14.2 Å². The highest BCUT2D eigenvalue weighted by Gasteiger charge is 2.16. The van der Waals surface area contributed by atoms with Crippen molar-refractivity contribution in [3.05, 3.63) is 115 Å². The van der Waals surface area contributed by atoms with Crippen LogP contribution in [0.25, 0.3) is 55.0 Å². The highest BCUT2D eigenvalue weighted by Crippen LogP contribution is 2.36. The highest BCUT2D eigenvalue weighted by molar-refractivity contribution is 6.12. The molecule has 0 saturated heterocycles. The van der Waals surface area contributed by atoms with E-state index in [2.05, 4.69) is 100 Å². The second kappa shape index (κ2) is 6.75. The molecule has 0 spiro atoms. The normalized spacial score (nSPS) is 11.8. The van der Waals surface area contributed by atoms with E-state index in [0.29, 0.717) is 0 Å². The molecule has 0 fully saturated rings. The first-order valence-electron chi connectivity index (χ1n) is 11.1. The summed E-state index contributed by atoms with van der Waals surface area (Å²) in [7, 11) is 0. The molecule has 7 rings (SSSR count). The number of fused-ring (bicyclic) bond motifs is 6. The quantitative estimate of drug-likeness (QED) is 0.304. The summed E-state index contributed by atoms with van der Waals surface area (Å²) in [5.74, 6) is 0.264. The molecule has 0 bridgehead atoms. The second-order valence-electron chi connectivity index (χ2n) is 8.44. The Hall–Kier alpha value is -4.50. The average molecular weight is 425 g/mol. The summed E-state index contributed by atoms with van der Waals surface area (Å²) in [4.78, 5) is 0. The van der Waals surface area contributed by atoms with E-state index in [9.17, 15) is 5.11 Å². The van der Waals surface area contributed by atoms with Crippen LogP contribution >= 0.6 is 0 Å². The number of aromatic nitrogens is 2. The van der Waals surface area contributed by atoms with Crippen LogP contribution in [0.1, 0.15) is 0 Å². The Kier molecular flexibility index (Phi) is 3.70. The number of aromatic hydroxyl groups is 1. The van der Waals surface area contributed by atoms with Gasteiger partial charge in [-0.25, -0.2) is 0 Å². The van der Waals surface area contributed by atoms with Crippen molar-refractivity contribution in [1.29, 1.82) is 0 Å². The van der Waals surface area contributed by atoms with Gasteiger partial charge in [0.05, 0.1) is 22.1 Å². The Morgan fingerprint density at radius 2 is 0.879 bits per heavy atom. The van der Waals surface area contributed by atoms with Gasteiger partial charge in [0.15, 0.2) is 0 Å². The van der Waals surface area contributed by atoms with E-state index >= 15 is 0 Å². The van der Waals surface area contributed by atoms with E-state index in [4.69, 9.17) is 0 Å². The zero-order valence-electron chi connectivity index (χ0n) is 17.8. The lowest BCUT2D eigenvalue weighted by molar-refractivity contribution is 0.475. The van der Waals surface area contributed by atoms with Crippen LogP contribution in [0.3, 0.4) is 0 Å². The molecule has 7 aromatic rings. The minimum absolute atomic E-state index is 0.264. The Labute approximate surface area is 190 Å². The highest BCUT2D eigenvalue weighted by atomic mass is 16.3. The third-order valence-electron chi connectivity index (χ3n) is 6.58. The van der Waals surface area contributed by atoms with Gasteiger partial charge in [0, 0.05) is 39.0 Å². The van der Waals surface area contributed by atoms with Gasteiger partial charge in [-0.15, -0.1) is 0 Å². The number of nitrogens with zero attached hydrogens (tertiary/aromatic N) is 2. The number of benzene rings is 5. The fourth-order valence-corrected chi connectivity index (χ4v) is 5.21. The van der Waals surface area contributed by atoms with E-state index in [-0.39, 0.29) is 5.75 Å². The van der Waals surface area contributed by atoms with Crippen LogP contribution in [-0.2, 0) is 0 Å². The van der Waals surface area contributed by atoms with Crippen molar-refractivity contribution in [2.45, 2.75) is 0 Å². The van der Waals surface area contributed by atoms with E-state index in [1.807, 2.05) is 18.2 Å². The molecule has 2 heterocycles. The van der Waals surface area contributed by atoms with Crippen LogP contribution in [0.4, 0.5) is 0 Å². The minimum atomic E-state index is 0.264. The predicted molar refractivity (Wildman–Crippen MR) is 137 cm³/mol. The molecular formula is C30H20N2O. The largest absolute Gasteiger partial charge is 0.508 e. The zero-order chi connectivity index (χ0) is 21.9. The van der Waals surface area contributed by atoms with Crippen molar-refractivity contribution in [3.63, 3.8) is 0 Å². The second-order valence-corrected chi connectivity index (χ2v) is 8.44. The topological polar surface area (TPSA) is 30.1 Å². The molecule has 1 N–H and O–H groups in total. The van der Waals surface area contributed by atoms with Crippen molar-refractivity contribution in [3.8, 4) is 17.1 Å². The molecular weight excluding hydrogens is 404 g/mol. The Balaban J connectivity index is 1.58. The summed E-state index contributed by atoms with van der Waals surface area (Å²) < 4.78 is 4.57. The monoisotopic (exact) mass is 424 g/mol. The Bertz CT molecular complexity index is 1780. The molecule has 0 unspecified atom stereocenters. The average Bonchev–Trinajstić information content (AvgIpc) is 3.37. The third kappa shape index (κ3) is 2.56. The van der Waals surface area contributed by atoms with Crippen molar-refractivity contribution in [2.75, 3.05) is 0 Å². The first kappa shape index (κ1) is 18.1. The van der Waals surface area contributed by atoms with Crippen LogP contribution in [0.5, 0.6) is 5.75 Å². The smallest absolute Gasteiger partial charge is 0.117 e. The number of rotatable bonds is 2. The van der Waals surface area contributed by atoms with Crippen LogP contribution < -0.4 is 0 Å². The molecule has 2 aromatic heterocycles. The maximum Gasteiger partial charge on any atom is 0.117 e. The summed E-state index contributed by atoms with van der Waals surface area (Å²) in [5, 5.41) is 15.0. The van der Waals surface area contributed by atoms with Gasteiger partial charge in [-0.2, -0.15) is 0 Å². The summed E-state index contributed by atoms with van der Waals surface area (Å²) in [6, 6.07) is 39.8. The molecule has 3 heteroatoms. The SMILES string of the molecule is Oc1cccc(-n2c3ccccc3c3cc(-n4c5ccccc5c5ccccc54)ccc32)c1. The summed E-state index contributed by atoms with van der Waals surface area (Å²) >= 11 is 0. The van der Waals surface area contributed by atoms with Crippen molar-refractivity contribution in [2.24, 2.45) is 0 Å². The first-order chi connectivity index (χ1) is 16.3. The molecule has 156 valence electrons. The Morgan fingerprint density at radius 1 is 0.394 bits per heavy atom. The van der Waals surface area contributed by atoms with E-state index in [1.54, 1.807) is 6.07 Å². The number of hydrogen-bond acceptors (Lipinski definition) is 1. The van der Waals surface area contributed by atoms with Crippen molar-refractivity contribution < 1.29 is 5.11 Å². The fraction of sp³-hybridized carbons (Fsp3) is 0. The van der Waals surface area contributed by atoms with Crippen LogP contribution in [0.2, 0.25) is 0 Å². The fourth-order valence-electron chi connectivity index (χ4n) is 5.21. The summed E-state index contributed by atoms with van der Waals surface area (Å²) in [5.41, 5.74) is 6.73. The lowest BCUT2D eigenvalue weighted by Crippen LogP contribution is -1.95. The number of para-hydroxylation sites is 3. The predicted octanol–water partition coefficient (Wildman–Crippen LogP) is 7.59. The van der Waals surface area contributed by atoms with Crippen molar-refractivity contribution >= 4 is 43.6 Å². The molecule has 0 aliphatic carbocycles. The first-order valence-corrected chi connectivity index (χ1v) is 11.1. The van der Waals surface area contributed by atoms with E-state index in [1.165, 1.54) is 32.6 Å². The Morgan fingerprint density at radius 3 is 1.45 bits per heavy atom. The lowest BCUT2D eigenvalue weighted by Gasteiger charge is -2.10. The lowest BCUT2D eigenvalue weighted by atomic mass is 10.1. The number of hydrogen-bond donors (Lipinski definition) is 1. The third-order valence-corrected chi connectivity index (χ3v) is 6.58. The zero-order valence-corrected chi connectivity index (χ0v) is 17.8. The standard InChI is InChI=1S/C30H20N2O/c33-22-9-7-8-20(18-22)31-29-15-6-3-12-25(29)26-19-21(16-17-30(26)31)32-27-13-4-1-10-23(27)24-11-2-5-14-28(24)32/h1-19,33H. The molecule has 0 atom stereocenters. The minimum Gasteiger partial charge on any atom is -0.508 e. The van der Waals surface area contributed by atoms with Gasteiger partial charge in [-0.1, -0.05) is 60.7 Å². The molecule has 0 saturated carbocycles. The number of phenols is 1. The van der Waals surface area contributed by atoms with Gasteiger partial charge >= 0.3 is 0 Å². The van der Waals surface area contributed by atoms with Crippen LogP contribution in [0, 0.1) is 0 Å². The summed E-state index contributed by atoms with van der Waals surface area (Å²) in [6.07, 6.45) is 0. The van der Waals surface area contributed by atoms with Gasteiger partial charge in [0.2, 0.25) is 0 Å². The van der Waals surface area contributed by atoms with Crippen molar-refractivity contribution in [1.82, 2.24) is 9.13 Å². The number of phenolic OH excluding ortho intramolecular Hbond substituents is 1. The molecule has 33 heavy (non-hydrogen) atoms. The molecule has 5 aromatic carbocycles. The maximum absolute atomic E-state index is 10.1. The molecule has 3 nitrogen and oxygen atoms in total. The van der Waals surface area contributed by atoms with Gasteiger partial charge in [-0.05, 0) is 48.5 Å². The van der Waals surface area contributed by atoms with Gasteiger partial charge in [0.25, 0.3) is 0 Å². The molecule has 0 radical (unpaired) electrons. The van der Waals surface area contributed by atoms with Gasteiger partial charge in [-0.3, -0.25) is 0 Å². The maximum atomic E-state index is 10.1. The molecule has 0 amide bonds. The summed E-state index contributed by atoms with van der Waals surface area (Å²) in [6.45, 7) is 0. The van der Waals surface area contributed by atoms with Crippen LogP contribution in [0.15, 0.2) is 115 Å². The molecule has 0 aliphatic heterocycles. The van der Waals surface area contributed by atoms with E-state index in [0.717, 1.165) is 22.4 Å². The van der Waals surface area contributed by atoms with E-state index < -0.39 is 0 Å². The van der Waals surface area contributed by atoms with Gasteiger partial charge in [0.1, 0.15) is 5.75 Å². The van der Waals surface area contributed by atoms with Gasteiger partial charge < -0.3 is 14.2 Å².